The molecule has 0 aliphatic heterocycles. The van der Waals surface area contributed by atoms with E-state index in [0.717, 1.165) is 12.1 Å². The molecule has 0 atom stereocenters. The van der Waals surface area contributed by atoms with Gasteiger partial charge in [0.1, 0.15) is 0 Å². The highest BCUT2D eigenvalue weighted by Crippen LogP contribution is 1.97. The summed E-state index contributed by atoms with van der Waals surface area (Å²) < 4.78 is 0. The van der Waals surface area contributed by atoms with Gasteiger partial charge >= 0.3 is 0 Å². The number of rotatable bonds is 3. The van der Waals surface area contributed by atoms with Crippen molar-refractivity contribution in [2.45, 2.75) is 13.5 Å². The van der Waals surface area contributed by atoms with Crippen LogP contribution in [0.4, 0.5) is 5.95 Å². The largest absolute Gasteiger partial charge is 0.355 e. The summed E-state index contributed by atoms with van der Waals surface area (Å²) in [6.07, 6.45) is 3.45. The molecule has 0 unspecified atom stereocenters. The summed E-state index contributed by atoms with van der Waals surface area (Å²) >= 11 is 0. The molecule has 0 bridgehead atoms. The number of hydrogen-bond acceptors (Lipinski definition) is 4. The first-order valence-corrected chi connectivity index (χ1v) is 3.61. The van der Waals surface area contributed by atoms with E-state index in [9.17, 15) is 0 Å². The van der Waals surface area contributed by atoms with Gasteiger partial charge < -0.3 is 11.1 Å². The molecule has 4 nitrogen and oxygen atoms in total. The SMILES string of the molecule is CCNc1ncc(CN)cn1. The van der Waals surface area contributed by atoms with Crippen molar-refractivity contribution in [3.8, 4) is 0 Å². The van der Waals surface area contributed by atoms with Gasteiger partial charge in [0, 0.05) is 31.0 Å². The molecular weight excluding hydrogens is 140 g/mol. The second kappa shape index (κ2) is 3.88. The smallest absolute Gasteiger partial charge is 0.222 e. The molecule has 0 aliphatic carbocycles. The van der Waals surface area contributed by atoms with Crippen molar-refractivity contribution in [1.82, 2.24) is 9.97 Å². The van der Waals surface area contributed by atoms with Crippen molar-refractivity contribution in [2.24, 2.45) is 5.73 Å². The van der Waals surface area contributed by atoms with Gasteiger partial charge in [0.25, 0.3) is 0 Å². The summed E-state index contributed by atoms with van der Waals surface area (Å²) in [6, 6.07) is 0. The molecule has 1 aromatic heterocycles. The normalized spacial score (nSPS) is 9.64. The third-order valence-corrected chi connectivity index (χ3v) is 1.28. The molecule has 60 valence electrons. The second-order valence-corrected chi connectivity index (χ2v) is 2.15. The maximum atomic E-state index is 5.37. The Kier molecular flexibility index (Phi) is 2.80. The van der Waals surface area contributed by atoms with Gasteiger partial charge in [-0.2, -0.15) is 0 Å². The van der Waals surface area contributed by atoms with Crippen LogP contribution in [-0.4, -0.2) is 16.5 Å². The average Bonchev–Trinajstić information content (AvgIpc) is 2.07. The van der Waals surface area contributed by atoms with Crippen LogP contribution < -0.4 is 11.1 Å². The maximum Gasteiger partial charge on any atom is 0.222 e. The van der Waals surface area contributed by atoms with E-state index >= 15 is 0 Å². The Bertz CT molecular complexity index is 206. The van der Waals surface area contributed by atoms with Crippen LogP contribution in [0, 0.1) is 0 Å². The van der Waals surface area contributed by atoms with E-state index in [2.05, 4.69) is 15.3 Å². The third-order valence-electron chi connectivity index (χ3n) is 1.28. The minimum atomic E-state index is 0.492. The Hall–Kier alpha value is -1.16. The molecule has 3 N–H and O–H groups in total. The van der Waals surface area contributed by atoms with Gasteiger partial charge in [-0.3, -0.25) is 0 Å². The van der Waals surface area contributed by atoms with Crippen LogP contribution in [0.3, 0.4) is 0 Å². The Morgan fingerprint density at radius 3 is 2.55 bits per heavy atom. The molecule has 1 aromatic rings. The van der Waals surface area contributed by atoms with Gasteiger partial charge in [0.15, 0.2) is 0 Å². The molecule has 1 rings (SSSR count). The number of nitrogens with two attached hydrogens (primary N) is 1. The maximum absolute atomic E-state index is 5.37. The van der Waals surface area contributed by atoms with Crippen LogP contribution in [0.1, 0.15) is 12.5 Å². The monoisotopic (exact) mass is 152 g/mol. The summed E-state index contributed by atoms with van der Waals surface area (Å²) in [5, 5.41) is 3.00. The van der Waals surface area contributed by atoms with Crippen LogP contribution in [0.25, 0.3) is 0 Å². The van der Waals surface area contributed by atoms with E-state index in [4.69, 9.17) is 5.73 Å². The summed E-state index contributed by atoms with van der Waals surface area (Å²) in [5.74, 6) is 0.657. The molecule has 0 fully saturated rings. The van der Waals surface area contributed by atoms with E-state index in [1.165, 1.54) is 0 Å². The third kappa shape index (κ3) is 2.16. The second-order valence-electron chi connectivity index (χ2n) is 2.15. The van der Waals surface area contributed by atoms with Crippen LogP contribution in [0.2, 0.25) is 0 Å². The minimum absolute atomic E-state index is 0.492. The zero-order chi connectivity index (χ0) is 8.10. The van der Waals surface area contributed by atoms with Crippen LogP contribution >= 0.6 is 0 Å². The molecular formula is C7H12N4. The van der Waals surface area contributed by atoms with E-state index in [1.54, 1.807) is 12.4 Å². The van der Waals surface area contributed by atoms with E-state index < -0.39 is 0 Å². The Labute approximate surface area is 65.9 Å². The molecule has 11 heavy (non-hydrogen) atoms. The van der Waals surface area contributed by atoms with Crippen molar-refractivity contribution >= 4 is 5.95 Å². The van der Waals surface area contributed by atoms with E-state index in [1.807, 2.05) is 6.92 Å². The van der Waals surface area contributed by atoms with Crippen molar-refractivity contribution in [2.75, 3.05) is 11.9 Å². The summed E-state index contributed by atoms with van der Waals surface area (Å²) in [7, 11) is 0. The predicted octanol–water partition coefficient (Wildman–Crippen LogP) is 0.367. The number of nitrogens with zero attached hydrogens (tertiary/aromatic N) is 2. The van der Waals surface area contributed by atoms with E-state index in [0.29, 0.717) is 12.5 Å². The quantitative estimate of drug-likeness (QED) is 0.656. The molecule has 0 amide bonds. The average molecular weight is 152 g/mol. The lowest BCUT2D eigenvalue weighted by Crippen LogP contribution is -2.04. The van der Waals surface area contributed by atoms with Gasteiger partial charge in [-0.15, -0.1) is 0 Å². The molecule has 0 saturated carbocycles. The lowest BCUT2D eigenvalue weighted by molar-refractivity contribution is 0.996. The summed E-state index contributed by atoms with van der Waals surface area (Å²) in [5.41, 5.74) is 6.32. The van der Waals surface area contributed by atoms with Gasteiger partial charge in [-0.25, -0.2) is 9.97 Å². The van der Waals surface area contributed by atoms with Gasteiger partial charge in [-0.1, -0.05) is 0 Å². The lowest BCUT2D eigenvalue weighted by Gasteiger charge is -2.00. The number of hydrogen-bond donors (Lipinski definition) is 2. The molecule has 0 aromatic carbocycles. The topological polar surface area (TPSA) is 63.8 Å². The molecule has 0 saturated heterocycles. The van der Waals surface area contributed by atoms with Crippen molar-refractivity contribution in [3.63, 3.8) is 0 Å². The lowest BCUT2D eigenvalue weighted by atomic mass is 10.3. The fraction of sp³-hybridized carbons (Fsp3) is 0.429. The molecule has 1 heterocycles. The van der Waals surface area contributed by atoms with Crippen LogP contribution in [0.15, 0.2) is 12.4 Å². The predicted molar refractivity (Wildman–Crippen MR) is 44.1 cm³/mol. The molecule has 0 radical (unpaired) electrons. The van der Waals surface area contributed by atoms with Gasteiger partial charge in [0.05, 0.1) is 0 Å². The first kappa shape index (κ1) is 7.94. The number of nitrogens with one attached hydrogen (secondary N) is 1. The zero-order valence-corrected chi connectivity index (χ0v) is 6.54. The highest BCUT2D eigenvalue weighted by atomic mass is 15.1. The Balaban J connectivity index is 2.66. The first-order chi connectivity index (χ1) is 5.36. The van der Waals surface area contributed by atoms with Crippen molar-refractivity contribution in [3.05, 3.63) is 18.0 Å². The van der Waals surface area contributed by atoms with Crippen LogP contribution in [0.5, 0.6) is 0 Å². The summed E-state index contributed by atoms with van der Waals surface area (Å²) in [4.78, 5) is 8.07. The molecule has 4 heteroatoms. The number of aromatic nitrogens is 2. The highest BCUT2D eigenvalue weighted by molar-refractivity contribution is 5.23. The first-order valence-electron chi connectivity index (χ1n) is 3.61. The van der Waals surface area contributed by atoms with Gasteiger partial charge in [-0.05, 0) is 6.92 Å². The molecule has 0 spiro atoms. The van der Waals surface area contributed by atoms with E-state index in [-0.39, 0.29) is 0 Å². The fourth-order valence-corrected chi connectivity index (χ4v) is 0.710. The highest BCUT2D eigenvalue weighted by Gasteiger charge is 1.92. The molecule has 0 aliphatic rings. The Morgan fingerprint density at radius 2 is 2.09 bits per heavy atom. The van der Waals surface area contributed by atoms with Crippen LogP contribution in [-0.2, 0) is 6.54 Å². The minimum Gasteiger partial charge on any atom is -0.355 e. The zero-order valence-electron chi connectivity index (χ0n) is 6.54. The summed E-state index contributed by atoms with van der Waals surface area (Å²) in [6.45, 7) is 3.33. The van der Waals surface area contributed by atoms with Crippen molar-refractivity contribution < 1.29 is 0 Å². The van der Waals surface area contributed by atoms with Gasteiger partial charge in [0.2, 0.25) is 5.95 Å². The number of anilines is 1. The fourth-order valence-electron chi connectivity index (χ4n) is 0.710. The van der Waals surface area contributed by atoms with Crippen molar-refractivity contribution in [1.29, 1.82) is 0 Å². The Morgan fingerprint density at radius 1 is 1.45 bits per heavy atom. The standard InChI is InChI=1S/C7H12N4/c1-2-9-7-10-4-6(3-8)5-11-7/h4-5H,2-3,8H2,1H3,(H,9,10,11).